The molecule has 1 N–H and O–H groups in total. The van der Waals surface area contributed by atoms with Crippen molar-refractivity contribution in [3.8, 4) is 12.1 Å². The highest BCUT2D eigenvalue weighted by atomic mass is 32.1. The molecule has 3 nitrogen and oxygen atoms in total. The third-order valence-corrected chi connectivity index (χ3v) is 4.25. The monoisotopic (exact) mass is 255 g/mol. The van der Waals surface area contributed by atoms with Crippen LogP contribution >= 0.6 is 11.3 Å². The molecule has 0 atom stereocenters. The van der Waals surface area contributed by atoms with Gasteiger partial charge in [-0.3, -0.25) is 0 Å². The van der Waals surface area contributed by atoms with Crippen molar-refractivity contribution in [1.82, 2.24) is 5.32 Å². The topological polar surface area (TPSA) is 59.6 Å². The van der Waals surface area contributed by atoms with Crippen molar-refractivity contribution in [3.05, 3.63) is 44.4 Å². The molecule has 1 aromatic rings. The van der Waals surface area contributed by atoms with Crippen LogP contribution in [-0.4, -0.2) is 0 Å². The molecule has 0 aromatic carbocycles. The van der Waals surface area contributed by atoms with Crippen LogP contribution in [0.2, 0.25) is 0 Å². The summed E-state index contributed by atoms with van der Waals surface area (Å²) in [6.07, 6.45) is 0. The third kappa shape index (κ3) is 1.81. The van der Waals surface area contributed by atoms with Crippen LogP contribution in [0.25, 0.3) is 0 Å². The number of aryl methyl sites for hydroxylation is 1. The molecule has 0 unspecified atom stereocenters. The predicted molar refractivity (Wildman–Crippen MR) is 71.6 cm³/mol. The summed E-state index contributed by atoms with van der Waals surface area (Å²) in [4.78, 5) is 1.09. The van der Waals surface area contributed by atoms with E-state index in [1.54, 1.807) is 11.3 Å². The van der Waals surface area contributed by atoms with Crippen LogP contribution in [0.3, 0.4) is 0 Å². The zero-order chi connectivity index (χ0) is 13.3. The number of rotatable bonds is 1. The summed E-state index contributed by atoms with van der Waals surface area (Å²) in [5.41, 5.74) is 4.09. The number of nitrogens with one attached hydrogen (secondary N) is 1. The van der Waals surface area contributed by atoms with E-state index in [-0.39, 0.29) is 5.92 Å². The lowest BCUT2D eigenvalue weighted by atomic mass is 9.84. The van der Waals surface area contributed by atoms with Gasteiger partial charge in [0.25, 0.3) is 0 Å². The fourth-order valence-corrected chi connectivity index (χ4v) is 3.28. The number of hydrogen-bond donors (Lipinski definition) is 1. The van der Waals surface area contributed by atoms with Gasteiger partial charge in [0, 0.05) is 16.3 Å². The van der Waals surface area contributed by atoms with E-state index in [0.717, 1.165) is 21.8 Å². The van der Waals surface area contributed by atoms with E-state index in [4.69, 9.17) is 0 Å². The minimum Gasteiger partial charge on any atom is -0.361 e. The van der Waals surface area contributed by atoms with Crippen molar-refractivity contribution in [2.75, 3.05) is 0 Å². The predicted octanol–water partition coefficient (Wildman–Crippen LogP) is 3.34. The van der Waals surface area contributed by atoms with Crippen LogP contribution in [0.4, 0.5) is 0 Å². The normalized spacial score (nSPS) is 16.3. The Hall–Kier alpha value is -2.04. The summed E-state index contributed by atoms with van der Waals surface area (Å²) in [7, 11) is 0. The third-order valence-electron chi connectivity index (χ3n) is 3.17. The number of hydrogen-bond acceptors (Lipinski definition) is 4. The minimum absolute atomic E-state index is 0.207. The van der Waals surface area contributed by atoms with Gasteiger partial charge >= 0.3 is 0 Å². The smallest absolute Gasteiger partial charge is 0.0976 e. The van der Waals surface area contributed by atoms with E-state index in [2.05, 4.69) is 17.5 Å². The molecule has 4 heteroatoms. The van der Waals surface area contributed by atoms with Crippen molar-refractivity contribution in [2.45, 2.75) is 26.7 Å². The Morgan fingerprint density at radius 3 is 2.06 bits per heavy atom. The van der Waals surface area contributed by atoms with Crippen molar-refractivity contribution >= 4 is 11.3 Å². The molecule has 0 saturated heterocycles. The first-order chi connectivity index (χ1) is 8.60. The summed E-state index contributed by atoms with van der Waals surface area (Å²) < 4.78 is 0. The van der Waals surface area contributed by atoms with E-state index in [9.17, 15) is 10.5 Å². The molecule has 0 bridgehead atoms. The molecule has 0 aliphatic carbocycles. The molecule has 2 heterocycles. The van der Waals surface area contributed by atoms with Gasteiger partial charge in [-0.1, -0.05) is 0 Å². The van der Waals surface area contributed by atoms with Gasteiger partial charge in [0.2, 0.25) is 0 Å². The molecule has 0 amide bonds. The lowest BCUT2D eigenvalue weighted by molar-refractivity contribution is 0.820. The Balaban J connectivity index is 2.66. The Morgan fingerprint density at radius 2 is 1.67 bits per heavy atom. The Kier molecular flexibility index (Phi) is 3.23. The van der Waals surface area contributed by atoms with E-state index in [0.29, 0.717) is 11.1 Å². The number of allylic oxidation sites excluding steroid dienone is 4. The highest BCUT2D eigenvalue weighted by molar-refractivity contribution is 7.10. The molecule has 1 aromatic heterocycles. The Labute approximate surface area is 111 Å². The average molecular weight is 255 g/mol. The lowest BCUT2D eigenvalue weighted by Gasteiger charge is -2.25. The zero-order valence-corrected chi connectivity index (χ0v) is 11.4. The van der Waals surface area contributed by atoms with E-state index >= 15 is 0 Å². The zero-order valence-electron chi connectivity index (χ0n) is 10.5. The molecule has 90 valence electrons. The van der Waals surface area contributed by atoms with Crippen LogP contribution in [0.5, 0.6) is 0 Å². The van der Waals surface area contributed by atoms with Gasteiger partial charge in [-0.25, -0.2) is 0 Å². The standard InChI is InChI=1S/C14H13N3S/c1-8-4-5-18-14(8)13-11(6-15)9(2)17-10(3)12(13)7-16/h4-5,13,17H,1-3H3. The molecule has 1 aliphatic rings. The molecule has 18 heavy (non-hydrogen) atoms. The van der Waals surface area contributed by atoms with Crippen LogP contribution < -0.4 is 5.32 Å². The molecule has 0 radical (unpaired) electrons. The maximum absolute atomic E-state index is 9.35. The fraction of sp³-hybridized carbons (Fsp3) is 0.286. The van der Waals surface area contributed by atoms with Gasteiger partial charge in [-0.2, -0.15) is 10.5 Å². The molecular formula is C14H13N3S. The van der Waals surface area contributed by atoms with Crippen LogP contribution in [0, 0.1) is 29.6 Å². The largest absolute Gasteiger partial charge is 0.361 e. The summed E-state index contributed by atoms with van der Waals surface area (Å²) in [6, 6.07) is 6.51. The second kappa shape index (κ2) is 4.68. The van der Waals surface area contributed by atoms with Crippen LogP contribution in [0.15, 0.2) is 34.0 Å². The molecule has 0 saturated carbocycles. The SMILES string of the molecule is CC1=C(C#N)C(c2sccc2C)C(C#N)=C(C)N1. The second-order valence-corrected chi connectivity index (χ2v) is 5.27. The minimum atomic E-state index is -0.207. The second-order valence-electron chi connectivity index (χ2n) is 4.33. The van der Waals surface area contributed by atoms with Gasteiger partial charge in [-0.05, 0) is 37.8 Å². The van der Waals surface area contributed by atoms with E-state index < -0.39 is 0 Å². The highest BCUT2D eigenvalue weighted by Crippen LogP contribution is 2.40. The van der Waals surface area contributed by atoms with Gasteiger partial charge < -0.3 is 5.32 Å². The van der Waals surface area contributed by atoms with Crippen molar-refractivity contribution < 1.29 is 0 Å². The summed E-state index contributed by atoms with van der Waals surface area (Å²) in [5, 5.41) is 23.8. The van der Waals surface area contributed by atoms with Crippen molar-refractivity contribution in [2.24, 2.45) is 0 Å². The molecule has 0 spiro atoms. The summed E-state index contributed by atoms with van der Waals surface area (Å²) in [5.74, 6) is -0.207. The number of nitrogens with zero attached hydrogens (tertiary/aromatic N) is 2. The van der Waals surface area contributed by atoms with Crippen LogP contribution in [0.1, 0.15) is 30.2 Å². The van der Waals surface area contributed by atoms with Crippen molar-refractivity contribution in [1.29, 1.82) is 10.5 Å². The average Bonchev–Trinajstić information content (AvgIpc) is 2.74. The fourth-order valence-electron chi connectivity index (χ4n) is 2.23. The van der Waals surface area contributed by atoms with Crippen LogP contribution in [-0.2, 0) is 0 Å². The molecule has 1 aliphatic heterocycles. The first-order valence-corrected chi connectivity index (χ1v) is 6.50. The van der Waals surface area contributed by atoms with E-state index in [1.165, 1.54) is 0 Å². The first-order valence-electron chi connectivity index (χ1n) is 5.63. The maximum atomic E-state index is 9.35. The Morgan fingerprint density at radius 1 is 1.11 bits per heavy atom. The van der Waals surface area contributed by atoms with Gasteiger partial charge in [0.05, 0.1) is 29.2 Å². The van der Waals surface area contributed by atoms with Gasteiger partial charge in [0.15, 0.2) is 0 Å². The summed E-state index contributed by atoms with van der Waals surface area (Å²) in [6.45, 7) is 5.78. The first kappa shape index (κ1) is 12.4. The highest BCUT2D eigenvalue weighted by Gasteiger charge is 2.30. The van der Waals surface area contributed by atoms with E-state index in [1.807, 2.05) is 32.2 Å². The van der Waals surface area contributed by atoms with Crippen molar-refractivity contribution in [3.63, 3.8) is 0 Å². The number of thiophene rings is 1. The summed E-state index contributed by atoms with van der Waals surface area (Å²) >= 11 is 1.60. The molecule has 0 fully saturated rings. The quantitative estimate of drug-likeness (QED) is 0.837. The lowest BCUT2D eigenvalue weighted by Crippen LogP contribution is -2.23. The Bertz CT molecular complexity index is 599. The number of nitriles is 2. The molecule has 2 rings (SSSR count). The maximum Gasteiger partial charge on any atom is 0.0976 e. The van der Waals surface area contributed by atoms with Gasteiger partial charge in [-0.15, -0.1) is 11.3 Å². The number of dihydropyridines is 1. The molecular weight excluding hydrogens is 242 g/mol. The van der Waals surface area contributed by atoms with Gasteiger partial charge in [0.1, 0.15) is 0 Å².